The highest BCUT2D eigenvalue weighted by Crippen LogP contribution is 2.31. The zero-order valence-electron chi connectivity index (χ0n) is 26.2. The summed E-state index contributed by atoms with van der Waals surface area (Å²) < 4.78 is 24.1. The minimum atomic E-state index is -1.14. The molecule has 2 aromatic rings. The molecule has 0 aromatic heterocycles. The normalized spacial score (nSPS) is 21.6. The molecule has 1 aliphatic heterocycles. The fraction of sp³-hybridized carbons (Fsp3) is 0.588. The third-order valence-corrected chi connectivity index (χ3v) is 8.05. The van der Waals surface area contributed by atoms with E-state index >= 15 is 0 Å². The molecule has 0 bridgehead atoms. The quantitative estimate of drug-likeness (QED) is 0.366. The van der Waals surface area contributed by atoms with Crippen molar-refractivity contribution in [1.82, 2.24) is 10.2 Å². The molecule has 0 spiro atoms. The highest BCUT2D eigenvalue weighted by atomic mass is 16.7. The number of hydrogen-bond donors (Lipinski definition) is 2. The molecule has 1 heterocycles. The second kappa shape index (κ2) is 15.0. The van der Waals surface area contributed by atoms with Crippen LogP contribution in [0.3, 0.4) is 0 Å². The van der Waals surface area contributed by atoms with Gasteiger partial charge in [0.05, 0.1) is 37.4 Å². The SMILES string of the molecule is CC(=O)N[C@@H](Cc1cccc(OCc2ccccc2)c1)[C@H](O)[C@H]1CO[C@H](OC(C)C2CCCC2)CN1C(=O)OC(C)(C)C. The van der Waals surface area contributed by atoms with Gasteiger partial charge in [-0.3, -0.25) is 9.69 Å². The monoisotopic (exact) mass is 596 g/mol. The van der Waals surface area contributed by atoms with E-state index in [0.29, 0.717) is 24.7 Å². The van der Waals surface area contributed by atoms with Crippen molar-refractivity contribution in [1.29, 1.82) is 0 Å². The molecule has 1 saturated heterocycles. The van der Waals surface area contributed by atoms with Crippen molar-refractivity contribution < 1.29 is 33.6 Å². The molecule has 5 atom stereocenters. The first-order valence-electron chi connectivity index (χ1n) is 15.5. The average molecular weight is 597 g/mol. The third kappa shape index (κ3) is 9.95. The van der Waals surface area contributed by atoms with Gasteiger partial charge in [-0.1, -0.05) is 55.3 Å². The van der Waals surface area contributed by atoms with Gasteiger partial charge in [-0.15, -0.1) is 0 Å². The molecule has 4 rings (SSSR count). The van der Waals surface area contributed by atoms with Gasteiger partial charge < -0.3 is 29.4 Å². The van der Waals surface area contributed by atoms with E-state index < -0.39 is 36.2 Å². The Hall–Kier alpha value is -3.14. The number of carbonyl (C=O) groups excluding carboxylic acids is 2. The maximum atomic E-state index is 13.4. The number of hydrogen-bond acceptors (Lipinski definition) is 7. The van der Waals surface area contributed by atoms with E-state index in [1.54, 1.807) is 20.8 Å². The summed E-state index contributed by atoms with van der Waals surface area (Å²) in [7, 11) is 0. The molecule has 2 aromatic carbocycles. The Morgan fingerprint density at radius 3 is 2.44 bits per heavy atom. The Balaban J connectivity index is 1.48. The van der Waals surface area contributed by atoms with Gasteiger partial charge in [0.15, 0.2) is 6.29 Å². The van der Waals surface area contributed by atoms with Crippen molar-refractivity contribution in [2.24, 2.45) is 5.92 Å². The lowest BCUT2D eigenvalue weighted by Gasteiger charge is -2.44. The van der Waals surface area contributed by atoms with E-state index in [2.05, 4.69) is 12.2 Å². The van der Waals surface area contributed by atoms with Gasteiger partial charge in [0.1, 0.15) is 18.0 Å². The third-order valence-electron chi connectivity index (χ3n) is 8.05. The maximum Gasteiger partial charge on any atom is 0.410 e. The first-order chi connectivity index (χ1) is 20.5. The largest absolute Gasteiger partial charge is 0.489 e. The molecule has 2 fully saturated rings. The van der Waals surface area contributed by atoms with Crippen LogP contribution in [0.1, 0.15) is 71.4 Å². The summed E-state index contributed by atoms with van der Waals surface area (Å²) >= 11 is 0. The number of nitrogens with zero attached hydrogens (tertiary/aromatic N) is 1. The molecule has 2 amide bonds. The summed E-state index contributed by atoms with van der Waals surface area (Å²) in [5.41, 5.74) is 1.20. The minimum Gasteiger partial charge on any atom is -0.489 e. The van der Waals surface area contributed by atoms with Gasteiger partial charge in [-0.25, -0.2) is 4.79 Å². The summed E-state index contributed by atoms with van der Waals surface area (Å²) in [4.78, 5) is 27.2. The Kier molecular flexibility index (Phi) is 11.5. The fourth-order valence-electron chi connectivity index (χ4n) is 5.86. The minimum absolute atomic E-state index is 0.00188. The van der Waals surface area contributed by atoms with Crippen LogP contribution >= 0.6 is 0 Å². The Morgan fingerprint density at radius 2 is 1.77 bits per heavy atom. The lowest BCUT2D eigenvalue weighted by molar-refractivity contribution is -0.224. The zero-order valence-corrected chi connectivity index (χ0v) is 26.2. The first-order valence-corrected chi connectivity index (χ1v) is 15.5. The predicted molar refractivity (Wildman–Crippen MR) is 164 cm³/mol. The summed E-state index contributed by atoms with van der Waals surface area (Å²) in [6.45, 7) is 9.47. The van der Waals surface area contributed by atoms with Gasteiger partial charge in [-0.2, -0.15) is 0 Å². The number of rotatable bonds is 11. The zero-order chi connectivity index (χ0) is 31.0. The van der Waals surface area contributed by atoms with Crippen molar-refractivity contribution in [2.75, 3.05) is 13.2 Å². The molecule has 1 saturated carbocycles. The Morgan fingerprint density at radius 1 is 1.07 bits per heavy atom. The van der Waals surface area contributed by atoms with E-state index in [1.807, 2.05) is 54.6 Å². The fourth-order valence-corrected chi connectivity index (χ4v) is 5.86. The number of carbonyl (C=O) groups is 2. The summed E-state index contributed by atoms with van der Waals surface area (Å²) in [6, 6.07) is 16.0. The molecule has 236 valence electrons. The first kappa shape index (κ1) is 32.8. The van der Waals surface area contributed by atoms with Crippen molar-refractivity contribution in [3.63, 3.8) is 0 Å². The van der Waals surface area contributed by atoms with Gasteiger partial charge in [0.25, 0.3) is 0 Å². The van der Waals surface area contributed by atoms with Crippen LogP contribution in [0.25, 0.3) is 0 Å². The second-order valence-corrected chi connectivity index (χ2v) is 12.8. The maximum absolute atomic E-state index is 13.4. The number of aliphatic hydroxyl groups excluding tert-OH is 1. The van der Waals surface area contributed by atoms with Gasteiger partial charge in [-0.05, 0) is 76.1 Å². The topological polar surface area (TPSA) is 107 Å². The average Bonchev–Trinajstić information content (AvgIpc) is 3.51. The van der Waals surface area contributed by atoms with E-state index in [9.17, 15) is 14.7 Å². The van der Waals surface area contributed by atoms with Gasteiger partial charge in [0, 0.05) is 6.92 Å². The second-order valence-electron chi connectivity index (χ2n) is 12.8. The smallest absolute Gasteiger partial charge is 0.410 e. The molecule has 9 nitrogen and oxygen atoms in total. The van der Waals surface area contributed by atoms with E-state index in [0.717, 1.165) is 24.0 Å². The number of nitrogens with one attached hydrogen (secondary N) is 1. The molecule has 1 unspecified atom stereocenters. The van der Waals surface area contributed by atoms with Gasteiger partial charge >= 0.3 is 6.09 Å². The molecule has 0 radical (unpaired) electrons. The standard InChI is InChI=1S/C34H48N2O7/c1-23(27-15-9-10-16-27)42-31-20-36(33(39)43-34(3,4)5)30(22-41-31)32(38)29(35-24(2)37)19-26-14-11-17-28(18-26)40-21-25-12-7-6-8-13-25/h6-8,11-14,17-18,23,27,29-32,38H,9-10,15-16,19-22H2,1-5H3,(H,35,37)/t23?,29-,30+,31+,32-/m0/s1. The molecule has 1 aliphatic carbocycles. The number of morpholine rings is 1. The van der Waals surface area contributed by atoms with Crippen molar-refractivity contribution >= 4 is 12.0 Å². The van der Waals surface area contributed by atoms with Crippen LogP contribution in [0.15, 0.2) is 54.6 Å². The molecule has 43 heavy (non-hydrogen) atoms. The molecular formula is C34H48N2O7. The summed E-state index contributed by atoms with van der Waals surface area (Å²) in [6.07, 6.45) is 2.65. The molecular weight excluding hydrogens is 548 g/mol. The van der Waals surface area contributed by atoms with Crippen molar-refractivity contribution in [2.45, 2.75) is 110 Å². The van der Waals surface area contributed by atoms with Crippen LogP contribution in [0, 0.1) is 5.92 Å². The summed E-state index contributed by atoms with van der Waals surface area (Å²) in [5.74, 6) is 0.872. The summed E-state index contributed by atoms with van der Waals surface area (Å²) in [5, 5.41) is 14.6. The molecule has 2 N–H and O–H groups in total. The number of amides is 2. The van der Waals surface area contributed by atoms with Crippen molar-refractivity contribution in [3.05, 3.63) is 65.7 Å². The van der Waals surface area contributed by atoms with Crippen LogP contribution in [-0.4, -0.2) is 71.3 Å². The highest BCUT2D eigenvalue weighted by molar-refractivity contribution is 5.73. The molecule has 9 heteroatoms. The van der Waals surface area contributed by atoms with E-state index in [1.165, 1.54) is 24.7 Å². The van der Waals surface area contributed by atoms with Gasteiger partial charge in [0.2, 0.25) is 5.91 Å². The molecule has 2 aliphatic rings. The Labute approximate surface area is 255 Å². The van der Waals surface area contributed by atoms with Crippen LogP contribution in [0.4, 0.5) is 4.79 Å². The van der Waals surface area contributed by atoms with Crippen LogP contribution in [0.5, 0.6) is 5.75 Å². The number of ether oxygens (including phenoxy) is 4. The van der Waals surface area contributed by atoms with E-state index in [4.69, 9.17) is 18.9 Å². The van der Waals surface area contributed by atoms with Crippen LogP contribution < -0.4 is 10.1 Å². The highest BCUT2D eigenvalue weighted by Gasteiger charge is 2.42. The van der Waals surface area contributed by atoms with Crippen LogP contribution in [0.2, 0.25) is 0 Å². The number of aliphatic hydroxyl groups is 1. The van der Waals surface area contributed by atoms with E-state index in [-0.39, 0.29) is 25.2 Å². The van der Waals surface area contributed by atoms with Crippen molar-refractivity contribution in [3.8, 4) is 5.75 Å². The lowest BCUT2D eigenvalue weighted by atomic mass is 9.95. The Bertz CT molecular complexity index is 1180. The van der Waals surface area contributed by atoms with Crippen LogP contribution in [-0.2, 0) is 32.0 Å². The number of benzene rings is 2. The lowest BCUT2D eigenvalue weighted by Crippen LogP contribution is -2.63. The predicted octanol–water partition coefficient (Wildman–Crippen LogP) is 5.23.